The van der Waals surface area contributed by atoms with Gasteiger partial charge in [0.05, 0.1) is 18.8 Å². The van der Waals surface area contributed by atoms with E-state index in [1.165, 1.54) is 116 Å². The lowest BCUT2D eigenvalue weighted by Gasteiger charge is -2.22. The summed E-state index contributed by atoms with van der Waals surface area (Å²) in [5.74, 6) is -0.0428. The number of allylic oxidation sites excluding steroid dienone is 4. The number of unbranched alkanes of at least 4 members (excludes halogenated alkanes) is 19. The third-order valence-electron chi connectivity index (χ3n) is 7.72. The molecule has 39 heavy (non-hydrogen) atoms. The third kappa shape index (κ3) is 28.2. The van der Waals surface area contributed by atoms with Gasteiger partial charge in [-0.1, -0.05) is 147 Å². The van der Waals surface area contributed by atoms with E-state index >= 15 is 0 Å². The van der Waals surface area contributed by atoms with E-state index in [1.54, 1.807) is 0 Å². The molecule has 0 aromatic rings. The maximum atomic E-state index is 12.3. The number of hydrogen-bond acceptors (Lipinski definition) is 3. The van der Waals surface area contributed by atoms with Gasteiger partial charge in [0.2, 0.25) is 5.91 Å². The molecule has 3 N–H and O–H groups in total. The summed E-state index contributed by atoms with van der Waals surface area (Å²) in [6.07, 6.45) is 37.9. The molecule has 0 aliphatic carbocycles. The summed E-state index contributed by atoms with van der Waals surface area (Å²) in [5.41, 5.74) is 0. The van der Waals surface area contributed by atoms with Crippen LogP contribution in [0.3, 0.4) is 0 Å². The number of nitrogens with one attached hydrogen (secondary N) is 1. The quantitative estimate of drug-likeness (QED) is 0.0617. The van der Waals surface area contributed by atoms with Crippen LogP contribution in [0.5, 0.6) is 0 Å². The topological polar surface area (TPSA) is 69.6 Å². The van der Waals surface area contributed by atoms with Gasteiger partial charge in [0.15, 0.2) is 0 Å². The van der Waals surface area contributed by atoms with Gasteiger partial charge in [-0.2, -0.15) is 0 Å². The molecule has 2 atom stereocenters. The van der Waals surface area contributed by atoms with E-state index in [-0.39, 0.29) is 12.5 Å². The lowest BCUT2D eigenvalue weighted by atomic mass is 10.0. The highest BCUT2D eigenvalue weighted by Gasteiger charge is 2.19. The number of carbonyl (C=O) groups is 1. The van der Waals surface area contributed by atoms with E-state index in [9.17, 15) is 15.0 Å². The van der Waals surface area contributed by atoms with Crippen LogP contribution in [0.1, 0.15) is 174 Å². The van der Waals surface area contributed by atoms with E-state index < -0.39 is 12.1 Å². The first-order valence-corrected chi connectivity index (χ1v) is 17.0. The van der Waals surface area contributed by atoms with Gasteiger partial charge in [-0.25, -0.2) is 0 Å². The fourth-order valence-electron chi connectivity index (χ4n) is 5.04. The Hall–Kier alpha value is -1.13. The molecular formula is C35H67NO3. The molecule has 0 heterocycles. The second kappa shape index (κ2) is 31.4. The normalized spacial score (nSPS) is 13.4. The van der Waals surface area contributed by atoms with Crippen LogP contribution in [-0.4, -0.2) is 34.9 Å². The first-order chi connectivity index (χ1) is 19.2. The second-order valence-corrected chi connectivity index (χ2v) is 11.6. The number of rotatable bonds is 30. The van der Waals surface area contributed by atoms with Gasteiger partial charge in [-0.05, 0) is 44.9 Å². The molecule has 0 aromatic heterocycles. The molecular weight excluding hydrogens is 482 g/mol. The molecule has 0 spiro atoms. The predicted molar refractivity (Wildman–Crippen MR) is 170 cm³/mol. The van der Waals surface area contributed by atoms with E-state index in [4.69, 9.17) is 0 Å². The Morgan fingerprint density at radius 1 is 0.615 bits per heavy atom. The van der Waals surface area contributed by atoms with Gasteiger partial charge in [0, 0.05) is 6.42 Å². The van der Waals surface area contributed by atoms with Gasteiger partial charge in [0.25, 0.3) is 0 Å². The maximum absolute atomic E-state index is 12.3. The van der Waals surface area contributed by atoms with Crippen molar-refractivity contribution in [2.45, 2.75) is 187 Å². The van der Waals surface area contributed by atoms with Crippen molar-refractivity contribution in [3.63, 3.8) is 0 Å². The Kier molecular flexibility index (Phi) is 30.5. The molecule has 0 radical (unpaired) electrons. The first kappa shape index (κ1) is 37.9. The van der Waals surface area contributed by atoms with Crippen LogP contribution < -0.4 is 5.32 Å². The second-order valence-electron chi connectivity index (χ2n) is 11.6. The number of carbonyl (C=O) groups excluding carboxylic acids is 1. The largest absolute Gasteiger partial charge is 0.394 e. The zero-order valence-corrected chi connectivity index (χ0v) is 26.2. The first-order valence-electron chi connectivity index (χ1n) is 17.0. The number of hydrogen-bond donors (Lipinski definition) is 3. The lowest BCUT2D eigenvalue weighted by Crippen LogP contribution is -2.45. The number of amides is 1. The average molecular weight is 550 g/mol. The van der Waals surface area contributed by atoms with Crippen molar-refractivity contribution in [1.82, 2.24) is 5.32 Å². The lowest BCUT2D eigenvalue weighted by molar-refractivity contribution is -0.123. The smallest absolute Gasteiger partial charge is 0.220 e. The highest BCUT2D eigenvalue weighted by atomic mass is 16.3. The fourth-order valence-corrected chi connectivity index (χ4v) is 5.04. The van der Waals surface area contributed by atoms with Crippen LogP contribution in [0.2, 0.25) is 0 Å². The molecule has 0 aliphatic heterocycles. The molecule has 0 saturated carbocycles. The summed E-state index contributed by atoms with van der Waals surface area (Å²) >= 11 is 0. The molecule has 1 amide bonds. The molecule has 230 valence electrons. The van der Waals surface area contributed by atoms with Crippen molar-refractivity contribution in [2.24, 2.45) is 0 Å². The molecule has 0 saturated heterocycles. The van der Waals surface area contributed by atoms with Gasteiger partial charge in [-0.3, -0.25) is 4.79 Å². The Morgan fingerprint density at radius 3 is 1.59 bits per heavy atom. The van der Waals surface area contributed by atoms with Crippen molar-refractivity contribution in [1.29, 1.82) is 0 Å². The molecule has 0 fully saturated rings. The van der Waals surface area contributed by atoms with Crippen molar-refractivity contribution >= 4 is 5.91 Å². The average Bonchev–Trinajstić information content (AvgIpc) is 2.94. The standard InChI is InChI=1S/C35H67NO3/c1-3-5-7-9-11-13-15-16-17-18-19-20-21-23-25-27-29-31-35(39)36-33(32-37)34(38)30-28-26-24-22-14-12-10-8-6-4-2/h11,13,16-17,33-34,37-38H,3-10,12,14-15,18-32H2,1-2H3,(H,36,39)/b13-11-,17-16-. The Morgan fingerprint density at radius 2 is 1.05 bits per heavy atom. The minimum absolute atomic E-state index is 0.0428. The van der Waals surface area contributed by atoms with Crippen molar-refractivity contribution in [3.05, 3.63) is 24.3 Å². The van der Waals surface area contributed by atoms with E-state index in [1.807, 2.05) is 0 Å². The SMILES string of the molecule is CCCCC/C=C\C/C=C\CCCCCCCCCC(=O)NC(CO)C(O)CCCCCCCCCCCC. The summed E-state index contributed by atoms with van der Waals surface area (Å²) in [5, 5.41) is 22.9. The summed E-state index contributed by atoms with van der Waals surface area (Å²) in [6, 6.07) is -0.535. The van der Waals surface area contributed by atoms with Crippen LogP contribution in [0.4, 0.5) is 0 Å². The highest BCUT2D eigenvalue weighted by molar-refractivity contribution is 5.76. The molecule has 4 heteroatoms. The summed E-state index contributed by atoms with van der Waals surface area (Å²) in [7, 11) is 0. The van der Waals surface area contributed by atoms with Crippen molar-refractivity contribution in [3.8, 4) is 0 Å². The summed E-state index contributed by atoms with van der Waals surface area (Å²) in [6.45, 7) is 4.30. The Bertz CT molecular complexity index is 560. The van der Waals surface area contributed by atoms with Gasteiger partial charge in [0.1, 0.15) is 0 Å². The van der Waals surface area contributed by atoms with Gasteiger partial charge >= 0.3 is 0 Å². The van der Waals surface area contributed by atoms with Crippen LogP contribution >= 0.6 is 0 Å². The maximum Gasteiger partial charge on any atom is 0.220 e. The van der Waals surface area contributed by atoms with Crippen LogP contribution in [-0.2, 0) is 4.79 Å². The number of aliphatic hydroxyl groups excluding tert-OH is 2. The predicted octanol–water partition coefficient (Wildman–Crippen LogP) is 9.73. The highest BCUT2D eigenvalue weighted by Crippen LogP contribution is 2.14. The molecule has 0 bridgehead atoms. The Balaban J connectivity index is 3.59. The van der Waals surface area contributed by atoms with Gasteiger partial charge in [-0.15, -0.1) is 0 Å². The molecule has 4 nitrogen and oxygen atoms in total. The van der Waals surface area contributed by atoms with E-state index in [0.29, 0.717) is 12.8 Å². The van der Waals surface area contributed by atoms with Crippen LogP contribution in [0.15, 0.2) is 24.3 Å². The zero-order valence-electron chi connectivity index (χ0n) is 26.2. The van der Waals surface area contributed by atoms with Crippen molar-refractivity contribution in [2.75, 3.05) is 6.61 Å². The minimum Gasteiger partial charge on any atom is -0.394 e. The molecule has 0 aromatic carbocycles. The van der Waals surface area contributed by atoms with E-state index in [0.717, 1.165) is 32.1 Å². The fraction of sp³-hybridized carbons (Fsp3) is 0.857. The Labute approximate surface area is 243 Å². The summed E-state index contributed by atoms with van der Waals surface area (Å²) in [4.78, 5) is 12.3. The summed E-state index contributed by atoms with van der Waals surface area (Å²) < 4.78 is 0. The molecule has 0 rings (SSSR count). The zero-order chi connectivity index (χ0) is 28.7. The minimum atomic E-state index is -0.658. The van der Waals surface area contributed by atoms with Crippen LogP contribution in [0, 0.1) is 0 Å². The number of aliphatic hydroxyl groups is 2. The van der Waals surface area contributed by atoms with Gasteiger partial charge < -0.3 is 15.5 Å². The monoisotopic (exact) mass is 550 g/mol. The molecule has 2 unspecified atom stereocenters. The van der Waals surface area contributed by atoms with Crippen molar-refractivity contribution < 1.29 is 15.0 Å². The molecule has 0 aliphatic rings. The third-order valence-corrected chi connectivity index (χ3v) is 7.72. The van der Waals surface area contributed by atoms with Crippen LogP contribution in [0.25, 0.3) is 0 Å². The van der Waals surface area contributed by atoms with E-state index in [2.05, 4.69) is 43.5 Å².